The minimum absolute atomic E-state index is 0.0430. The molecule has 1 unspecified atom stereocenters. The maximum absolute atomic E-state index is 12.7. The average molecular weight is 808 g/mol. The number of hydrogen-bond acceptors (Lipinski definition) is 8. The van der Waals surface area contributed by atoms with Crippen LogP contribution in [0.4, 0.5) is 0 Å². The first-order valence-corrected chi connectivity index (χ1v) is 23.5. The van der Waals surface area contributed by atoms with Crippen molar-refractivity contribution in [1.82, 2.24) is 0 Å². The predicted molar refractivity (Wildman–Crippen MR) is 231 cm³/mol. The fourth-order valence-electron chi connectivity index (χ4n) is 5.59. The standard InChI is InChI=1S/C46H82NO8P/c1-6-8-10-12-14-16-18-20-22-23-25-26-28-30-32-34-36-38-45(48)52-42-44(43-54-56(50,51)53-41-40-47(3,4)5)55-46(49)39-37-35-33-31-29-27-24-21-19-17-15-13-11-9-7-2/h9,11,15,17,21,24-26,30,32,44H,6-8,10,12-14,16,18-20,22-23,27-29,31,33-43H2,1-5H3/b11-9+,17-15+,24-21+,26-25+,32-30+/t44-/m1/s1. The van der Waals surface area contributed by atoms with Gasteiger partial charge in [-0.1, -0.05) is 145 Å². The Bertz CT molecular complexity index is 1140. The van der Waals surface area contributed by atoms with E-state index >= 15 is 0 Å². The largest absolute Gasteiger partial charge is 0.756 e. The summed E-state index contributed by atoms with van der Waals surface area (Å²) in [5.41, 5.74) is 0. The Morgan fingerprint density at radius 2 is 1.04 bits per heavy atom. The first kappa shape index (κ1) is 53.7. The van der Waals surface area contributed by atoms with Crippen LogP contribution in [0.25, 0.3) is 0 Å². The molecule has 0 radical (unpaired) electrons. The van der Waals surface area contributed by atoms with E-state index in [4.69, 9.17) is 18.5 Å². The molecule has 0 fully saturated rings. The van der Waals surface area contributed by atoms with Gasteiger partial charge in [0.05, 0.1) is 27.7 Å². The Morgan fingerprint density at radius 1 is 0.571 bits per heavy atom. The fraction of sp³-hybridized carbons (Fsp3) is 0.739. The van der Waals surface area contributed by atoms with Gasteiger partial charge in [-0.25, -0.2) is 0 Å². The maximum Gasteiger partial charge on any atom is 0.306 e. The second-order valence-electron chi connectivity index (χ2n) is 15.7. The Morgan fingerprint density at radius 3 is 1.57 bits per heavy atom. The van der Waals surface area contributed by atoms with Gasteiger partial charge in [0.2, 0.25) is 0 Å². The number of likely N-dealkylation sites (N-methyl/N-ethyl adjacent to an activating group) is 1. The molecule has 0 aromatic carbocycles. The molecule has 0 saturated carbocycles. The van der Waals surface area contributed by atoms with Crippen molar-refractivity contribution in [3.8, 4) is 0 Å². The van der Waals surface area contributed by atoms with E-state index in [1.54, 1.807) is 0 Å². The van der Waals surface area contributed by atoms with E-state index in [0.29, 0.717) is 23.9 Å². The summed E-state index contributed by atoms with van der Waals surface area (Å²) in [5.74, 6) is -0.911. The Balaban J connectivity index is 4.45. The monoisotopic (exact) mass is 808 g/mol. The number of allylic oxidation sites excluding steroid dienone is 10. The van der Waals surface area contributed by atoms with Gasteiger partial charge in [0.15, 0.2) is 6.10 Å². The van der Waals surface area contributed by atoms with Crippen molar-refractivity contribution in [1.29, 1.82) is 0 Å². The van der Waals surface area contributed by atoms with Crippen LogP contribution >= 0.6 is 7.82 Å². The van der Waals surface area contributed by atoms with Crippen molar-refractivity contribution in [2.24, 2.45) is 0 Å². The third kappa shape index (κ3) is 41.3. The number of rotatable bonds is 39. The molecule has 0 aliphatic heterocycles. The van der Waals surface area contributed by atoms with Gasteiger partial charge in [0.1, 0.15) is 19.8 Å². The van der Waals surface area contributed by atoms with Gasteiger partial charge in [-0.2, -0.15) is 0 Å². The van der Waals surface area contributed by atoms with E-state index in [1.807, 2.05) is 21.1 Å². The highest BCUT2D eigenvalue weighted by Gasteiger charge is 2.21. The summed E-state index contributed by atoms with van der Waals surface area (Å²) in [4.78, 5) is 37.5. The lowest BCUT2D eigenvalue weighted by Gasteiger charge is -2.28. The normalized spacial score (nSPS) is 14.2. The second-order valence-corrected chi connectivity index (χ2v) is 17.1. The number of nitrogens with zero attached hydrogens (tertiary/aromatic N) is 1. The number of hydrogen-bond donors (Lipinski definition) is 0. The number of ether oxygens (including phenoxy) is 2. The van der Waals surface area contributed by atoms with E-state index in [1.165, 1.54) is 57.8 Å². The van der Waals surface area contributed by atoms with Crippen LogP contribution in [0.3, 0.4) is 0 Å². The summed E-state index contributed by atoms with van der Waals surface area (Å²) in [7, 11) is 1.12. The van der Waals surface area contributed by atoms with Crippen LogP contribution in [-0.4, -0.2) is 70.0 Å². The number of phosphoric acid groups is 1. The van der Waals surface area contributed by atoms with Crippen molar-refractivity contribution in [3.05, 3.63) is 60.8 Å². The van der Waals surface area contributed by atoms with E-state index in [-0.39, 0.29) is 26.1 Å². The van der Waals surface area contributed by atoms with Crippen LogP contribution in [-0.2, 0) is 32.7 Å². The molecule has 2 atom stereocenters. The minimum Gasteiger partial charge on any atom is -0.756 e. The third-order valence-corrected chi connectivity index (χ3v) is 9.99. The third-order valence-electron chi connectivity index (χ3n) is 9.02. The summed E-state index contributed by atoms with van der Waals surface area (Å²) in [6.45, 7) is 4.03. The number of carbonyl (C=O) groups is 2. The molecule has 56 heavy (non-hydrogen) atoms. The SMILES string of the molecule is CC/C=C/C/C=C/C/C=C/CCCCCCCC(=O)O[C@H](COC(=O)CCC/C=C/C/C=C/CCCCCCCCCCC)COP(=O)([O-])OCC[N+](C)(C)C. The molecule has 0 spiro atoms. The number of esters is 2. The molecule has 0 aliphatic rings. The zero-order valence-electron chi connectivity index (χ0n) is 36.3. The molecule has 0 aliphatic carbocycles. The van der Waals surface area contributed by atoms with E-state index in [9.17, 15) is 19.0 Å². The Labute approximate surface area is 343 Å². The smallest absolute Gasteiger partial charge is 0.306 e. The fourth-order valence-corrected chi connectivity index (χ4v) is 6.32. The molecule has 0 saturated heterocycles. The minimum atomic E-state index is -4.64. The zero-order valence-corrected chi connectivity index (χ0v) is 37.2. The van der Waals surface area contributed by atoms with Gasteiger partial charge in [-0.05, 0) is 70.6 Å². The molecule has 0 rings (SSSR count). The highest BCUT2D eigenvalue weighted by atomic mass is 31.2. The molecule has 0 bridgehead atoms. The lowest BCUT2D eigenvalue weighted by Crippen LogP contribution is -2.37. The van der Waals surface area contributed by atoms with Crippen LogP contribution in [0.2, 0.25) is 0 Å². The van der Waals surface area contributed by atoms with Gasteiger partial charge < -0.3 is 27.9 Å². The number of phosphoric ester groups is 1. The van der Waals surface area contributed by atoms with E-state index in [0.717, 1.165) is 70.6 Å². The number of unbranched alkanes of at least 4 members (excludes halogenated alkanes) is 15. The summed E-state index contributed by atoms with van der Waals surface area (Å²) < 4.78 is 33.8. The van der Waals surface area contributed by atoms with Crippen LogP contribution in [0, 0.1) is 0 Å². The summed E-state index contributed by atoms with van der Waals surface area (Å²) >= 11 is 0. The van der Waals surface area contributed by atoms with Crippen molar-refractivity contribution >= 4 is 19.8 Å². The maximum atomic E-state index is 12.7. The van der Waals surface area contributed by atoms with Crippen LogP contribution < -0.4 is 4.89 Å². The zero-order chi connectivity index (χ0) is 41.4. The van der Waals surface area contributed by atoms with E-state index < -0.39 is 32.5 Å². The van der Waals surface area contributed by atoms with Gasteiger partial charge in [0, 0.05) is 12.8 Å². The molecule has 0 heterocycles. The first-order valence-electron chi connectivity index (χ1n) is 22.0. The highest BCUT2D eigenvalue weighted by molar-refractivity contribution is 7.45. The molecule has 0 amide bonds. The van der Waals surface area contributed by atoms with E-state index in [2.05, 4.69) is 74.6 Å². The van der Waals surface area contributed by atoms with Crippen molar-refractivity contribution < 1.29 is 42.1 Å². The molecular formula is C46H82NO8P. The summed E-state index contributed by atoms with van der Waals surface area (Å²) in [6, 6.07) is 0. The molecular weight excluding hydrogens is 725 g/mol. The first-order chi connectivity index (χ1) is 27.0. The lowest BCUT2D eigenvalue weighted by molar-refractivity contribution is -0.870. The topological polar surface area (TPSA) is 111 Å². The molecule has 0 aromatic rings. The highest BCUT2D eigenvalue weighted by Crippen LogP contribution is 2.38. The summed E-state index contributed by atoms with van der Waals surface area (Å²) in [5, 5.41) is 0. The Hall–Kier alpha value is -2.29. The number of quaternary nitrogens is 1. The van der Waals surface area contributed by atoms with Crippen molar-refractivity contribution in [2.45, 2.75) is 174 Å². The molecule has 9 nitrogen and oxygen atoms in total. The molecule has 0 N–H and O–H groups in total. The van der Waals surface area contributed by atoms with Crippen LogP contribution in [0.15, 0.2) is 60.8 Å². The molecule has 324 valence electrons. The molecule has 0 aromatic heterocycles. The molecule has 10 heteroatoms. The van der Waals surface area contributed by atoms with Gasteiger partial charge in [0.25, 0.3) is 7.82 Å². The van der Waals surface area contributed by atoms with Crippen LogP contribution in [0.5, 0.6) is 0 Å². The number of carbonyl (C=O) groups excluding carboxylic acids is 2. The predicted octanol–water partition coefficient (Wildman–Crippen LogP) is 11.8. The van der Waals surface area contributed by atoms with Gasteiger partial charge in [-0.3, -0.25) is 14.2 Å². The van der Waals surface area contributed by atoms with Crippen molar-refractivity contribution in [3.63, 3.8) is 0 Å². The second kappa shape index (κ2) is 38.2. The van der Waals surface area contributed by atoms with Gasteiger partial charge in [-0.15, -0.1) is 0 Å². The van der Waals surface area contributed by atoms with Crippen LogP contribution in [0.1, 0.15) is 168 Å². The van der Waals surface area contributed by atoms with Gasteiger partial charge >= 0.3 is 11.9 Å². The average Bonchev–Trinajstić information content (AvgIpc) is 3.15. The quantitative estimate of drug-likeness (QED) is 0.0198. The van der Waals surface area contributed by atoms with Crippen molar-refractivity contribution in [2.75, 3.05) is 47.5 Å². The summed E-state index contributed by atoms with van der Waals surface area (Å²) in [6.07, 6.45) is 45.4. The Kier molecular flexibility index (Phi) is 36.7. The lowest BCUT2D eigenvalue weighted by atomic mass is 10.1.